The molecule has 3 nitrogen and oxygen atoms in total. The SMILES string of the molecule is NC(=O)c1cc2ncccc2s1. The zero-order valence-electron chi connectivity index (χ0n) is 6.15. The molecule has 2 heterocycles. The van der Waals surface area contributed by atoms with Crippen LogP contribution in [0.3, 0.4) is 0 Å². The standard InChI is InChI=1S/C8H6N2OS/c9-8(11)7-4-5-6(12-7)2-1-3-10-5/h1-4H,(H2,9,11). The number of hydrogen-bond donors (Lipinski definition) is 1. The monoisotopic (exact) mass is 178 g/mol. The highest BCUT2D eigenvalue weighted by Gasteiger charge is 2.05. The molecule has 0 saturated heterocycles. The van der Waals surface area contributed by atoms with Gasteiger partial charge in [0.2, 0.25) is 0 Å². The molecule has 0 saturated carbocycles. The van der Waals surface area contributed by atoms with Crippen LogP contribution < -0.4 is 5.73 Å². The lowest BCUT2D eigenvalue weighted by molar-refractivity contribution is 0.100. The lowest BCUT2D eigenvalue weighted by Crippen LogP contribution is -2.08. The first-order chi connectivity index (χ1) is 5.77. The van der Waals surface area contributed by atoms with Gasteiger partial charge in [0.25, 0.3) is 5.91 Å². The molecular formula is C8H6N2OS. The van der Waals surface area contributed by atoms with Gasteiger partial charge in [0, 0.05) is 6.20 Å². The van der Waals surface area contributed by atoms with Crippen molar-refractivity contribution in [1.29, 1.82) is 0 Å². The molecule has 0 aliphatic carbocycles. The van der Waals surface area contributed by atoms with E-state index in [1.54, 1.807) is 12.3 Å². The van der Waals surface area contributed by atoms with E-state index in [0.717, 1.165) is 10.2 Å². The third kappa shape index (κ3) is 1.06. The minimum absolute atomic E-state index is 0.391. The van der Waals surface area contributed by atoms with Crippen molar-refractivity contribution in [2.75, 3.05) is 0 Å². The van der Waals surface area contributed by atoms with Gasteiger partial charge in [-0.2, -0.15) is 0 Å². The van der Waals surface area contributed by atoms with E-state index in [-0.39, 0.29) is 0 Å². The lowest BCUT2D eigenvalue weighted by atomic mass is 10.4. The van der Waals surface area contributed by atoms with Crippen LogP contribution in [-0.2, 0) is 0 Å². The third-order valence-corrected chi connectivity index (χ3v) is 2.63. The zero-order valence-corrected chi connectivity index (χ0v) is 6.97. The van der Waals surface area contributed by atoms with Crippen LogP contribution in [0.4, 0.5) is 0 Å². The predicted octanol–water partition coefficient (Wildman–Crippen LogP) is 1.40. The summed E-state index contributed by atoms with van der Waals surface area (Å²) in [5.74, 6) is -0.391. The van der Waals surface area contributed by atoms with Crippen molar-refractivity contribution >= 4 is 27.5 Å². The van der Waals surface area contributed by atoms with Gasteiger partial charge in [-0.15, -0.1) is 11.3 Å². The summed E-state index contributed by atoms with van der Waals surface area (Å²) in [4.78, 5) is 15.4. The van der Waals surface area contributed by atoms with Crippen molar-refractivity contribution in [2.24, 2.45) is 5.73 Å². The summed E-state index contributed by atoms with van der Waals surface area (Å²) in [6, 6.07) is 5.46. The molecule has 60 valence electrons. The Hall–Kier alpha value is -1.42. The highest BCUT2D eigenvalue weighted by atomic mass is 32.1. The molecule has 0 aliphatic rings. The fraction of sp³-hybridized carbons (Fsp3) is 0. The van der Waals surface area contributed by atoms with E-state index in [0.29, 0.717) is 4.88 Å². The molecule has 4 heteroatoms. The van der Waals surface area contributed by atoms with Crippen LogP contribution in [0.25, 0.3) is 10.2 Å². The molecule has 0 atom stereocenters. The van der Waals surface area contributed by atoms with Gasteiger partial charge in [-0.25, -0.2) is 0 Å². The Morgan fingerprint density at radius 3 is 3.08 bits per heavy atom. The van der Waals surface area contributed by atoms with Crippen molar-refractivity contribution in [2.45, 2.75) is 0 Å². The van der Waals surface area contributed by atoms with E-state index < -0.39 is 5.91 Å². The Bertz CT molecular complexity index is 402. The molecule has 0 aliphatic heterocycles. The molecule has 2 aromatic rings. The van der Waals surface area contributed by atoms with Crippen LogP contribution in [0.5, 0.6) is 0 Å². The molecule has 0 aromatic carbocycles. The second-order valence-electron chi connectivity index (χ2n) is 2.36. The number of hydrogen-bond acceptors (Lipinski definition) is 3. The second kappa shape index (κ2) is 2.57. The molecule has 1 amide bonds. The summed E-state index contributed by atoms with van der Waals surface area (Å²) in [5.41, 5.74) is 5.95. The summed E-state index contributed by atoms with van der Waals surface area (Å²) in [6.07, 6.45) is 1.69. The van der Waals surface area contributed by atoms with E-state index in [9.17, 15) is 4.79 Å². The average Bonchev–Trinajstić information content (AvgIpc) is 2.46. The first kappa shape index (κ1) is 7.24. The number of pyridine rings is 1. The topological polar surface area (TPSA) is 56.0 Å². The third-order valence-electron chi connectivity index (χ3n) is 1.53. The summed E-state index contributed by atoms with van der Waals surface area (Å²) in [7, 11) is 0. The van der Waals surface area contributed by atoms with Crippen molar-refractivity contribution in [1.82, 2.24) is 4.98 Å². The Morgan fingerprint density at radius 1 is 1.58 bits per heavy atom. The summed E-state index contributed by atoms with van der Waals surface area (Å²) in [5, 5.41) is 0. The largest absolute Gasteiger partial charge is 0.365 e. The highest BCUT2D eigenvalue weighted by molar-refractivity contribution is 7.20. The van der Waals surface area contributed by atoms with E-state index in [1.807, 2.05) is 12.1 Å². The normalized spacial score (nSPS) is 10.3. The smallest absolute Gasteiger partial charge is 0.258 e. The van der Waals surface area contributed by atoms with Gasteiger partial charge in [0.1, 0.15) is 0 Å². The predicted molar refractivity (Wildman–Crippen MR) is 48.1 cm³/mol. The van der Waals surface area contributed by atoms with Gasteiger partial charge in [-0.1, -0.05) is 0 Å². The molecule has 0 fully saturated rings. The molecular weight excluding hydrogens is 172 g/mol. The summed E-state index contributed by atoms with van der Waals surface area (Å²) >= 11 is 1.37. The van der Waals surface area contributed by atoms with Crippen LogP contribution >= 0.6 is 11.3 Å². The summed E-state index contributed by atoms with van der Waals surface area (Å²) in [6.45, 7) is 0. The van der Waals surface area contributed by atoms with Crippen molar-refractivity contribution < 1.29 is 4.79 Å². The number of primary amides is 1. The van der Waals surface area contributed by atoms with Crippen LogP contribution in [0.2, 0.25) is 0 Å². The number of amides is 1. The minimum Gasteiger partial charge on any atom is -0.365 e. The molecule has 0 unspecified atom stereocenters. The number of carbonyl (C=O) groups is 1. The number of thiophene rings is 1. The van der Waals surface area contributed by atoms with Gasteiger partial charge in [-0.3, -0.25) is 9.78 Å². The average molecular weight is 178 g/mol. The van der Waals surface area contributed by atoms with Gasteiger partial charge in [0.15, 0.2) is 0 Å². The molecule has 12 heavy (non-hydrogen) atoms. The fourth-order valence-corrected chi connectivity index (χ4v) is 1.86. The molecule has 2 N–H and O–H groups in total. The van der Waals surface area contributed by atoms with Gasteiger partial charge in [-0.05, 0) is 18.2 Å². The molecule has 2 rings (SSSR count). The van der Waals surface area contributed by atoms with Gasteiger partial charge >= 0.3 is 0 Å². The second-order valence-corrected chi connectivity index (χ2v) is 3.45. The maximum atomic E-state index is 10.8. The maximum absolute atomic E-state index is 10.8. The Balaban J connectivity index is 2.70. The number of rotatable bonds is 1. The number of fused-ring (bicyclic) bond motifs is 1. The van der Waals surface area contributed by atoms with Crippen LogP contribution in [0.1, 0.15) is 9.67 Å². The Kier molecular flexibility index (Phi) is 1.55. The van der Waals surface area contributed by atoms with Gasteiger partial charge < -0.3 is 5.73 Å². The highest BCUT2D eigenvalue weighted by Crippen LogP contribution is 2.22. The van der Waals surface area contributed by atoms with Crippen LogP contribution in [-0.4, -0.2) is 10.9 Å². The first-order valence-electron chi connectivity index (χ1n) is 3.42. The van der Waals surface area contributed by atoms with E-state index in [4.69, 9.17) is 5.73 Å². The molecule has 2 aromatic heterocycles. The van der Waals surface area contributed by atoms with E-state index >= 15 is 0 Å². The van der Waals surface area contributed by atoms with Crippen LogP contribution in [0, 0.1) is 0 Å². The van der Waals surface area contributed by atoms with Crippen LogP contribution in [0.15, 0.2) is 24.4 Å². The molecule has 0 radical (unpaired) electrons. The number of nitrogens with two attached hydrogens (primary N) is 1. The van der Waals surface area contributed by atoms with Crippen molar-refractivity contribution in [3.05, 3.63) is 29.3 Å². The lowest BCUT2D eigenvalue weighted by Gasteiger charge is -1.81. The number of carbonyl (C=O) groups excluding carboxylic acids is 1. The Labute approximate surface area is 72.8 Å². The Morgan fingerprint density at radius 2 is 2.42 bits per heavy atom. The van der Waals surface area contributed by atoms with Crippen molar-refractivity contribution in [3.63, 3.8) is 0 Å². The summed E-state index contributed by atoms with van der Waals surface area (Å²) < 4.78 is 0.992. The fourth-order valence-electron chi connectivity index (χ4n) is 0.991. The molecule has 0 spiro atoms. The molecule has 0 bridgehead atoms. The zero-order chi connectivity index (χ0) is 8.55. The maximum Gasteiger partial charge on any atom is 0.258 e. The van der Waals surface area contributed by atoms with Gasteiger partial charge in [0.05, 0.1) is 15.1 Å². The van der Waals surface area contributed by atoms with Crippen molar-refractivity contribution in [3.8, 4) is 0 Å². The van der Waals surface area contributed by atoms with E-state index in [2.05, 4.69) is 4.98 Å². The number of aromatic nitrogens is 1. The van der Waals surface area contributed by atoms with E-state index in [1.165, 1.54) is 11.3 Å². The minimum atomic E-state index is -0.391. The first-order valence-corrected chi connectivity index (χ1v) is 4.23. The number of nitrogens with zero attached hydrogens (tertiary/aromatic N) is 1. The quantitative estimate of drug-likeness (QED) is 0.717.